The minimum atomic E-state index is -4.67. The second kappa shape index (κ2) is 8.08. The number of alkyl halides is 3. The van der Waals surface area contributed by atoms with Crippen LogP contribution in [0.5, 0.6) is 11.5 Å². The summed E-state index contributed by atoms with van der Waals surface area (Å²) in [6, 6.07) is 5.42. The van der Waals surface area contributed by atoms with Crippen molar-refractivity contribution in [2.45, 2.75) is 19.7 Å². The summed E-state index contributed by atoms with van der Waals surface area (Å²) in [6.45, 7) is 6.05. The van der Waals surface area contributed by atoms with E-state index in [0.717, 1.165) is 26.1 Å². The van der Waals surface area contributed by atoms with Crippen molar-refractivity contribution in [1.29, 1.82) is 0 Å². The van der Waals surface area contributed by atoms with E-state index in [2.05, 4.69) is 16.6 Å². The highest BCUT2D eigenvalue weighted by molar-refractivity contribution is 5.85. The van der Waals surface area contributed by atoms with Gasteiger partial charge in [-0.05, 0) is 49.2 Å². The number of likely N-dealkylation sites (tertiary alicyclic amines) is 1. The van der Waals surface area contributed by atoms with Gasteiger partial charge in [-0.15, -0.1) is 25.6 Å². The zero-order valence-electron chi connectivity index (χ0n) is 12.9. The van der Waals surface area contributed by atoms with Gasteiger partial charge in [0.15, 0.2) is 0 Å². The molecular formula is C15H22ClF3N2O2. The Morgan fingerprint density at radius 2 is 1.83 bits per heavy atom. The van der Waals surface area contributed by atoms with Gasteiger partial charge in [-0.25, -0.2) is 0 Å². The van der Waals surface area contributed by atoms with Crippen LogP contribution in [0.25, 0.3) is 0 Å². The number of benzene rings is 1. The lowest BCUT2D eigenvalue weighted by molar-refractivity contribution is -0.274. The molecule has 8 heteroatoms. The molecule has 0 bridgehead atoms. The molecule has 0 aromatic heterocycles. The molecule has 0 saturated carbocycles. The van der Waals surface area contributed by atoms with Crippen molar-refractivity contribution in [3.63, 3.8) is 0 Å². The lowest BCUT2D eigenvalue weighted by atomic mass is 9.90. The van der Waals surface area contributed by atoms with Gasteiger partial charge in [0, 0.05) is 13.1 Å². The molecule has 1 aliphatic heterocycles. The monoisotopic (exact) mass is 354 g/mol. The first-order valence-electron chi connectivity index (χ1n) is 7.21. The van der Waals surface area contributed by atoms with Crippen LogP contribution < -0.4 is 15.2 Å². The first-order chi connectivity index (χ1) is 10.3. The van der Waals surface area contributed by atoms with Crippen molar-refractivity contribution in [3.05, 3.63) is 24.3 Å². The van der Waals surface area contributed by atoms with Crippen LogP contribution in [0, 0.1) is 5.41 Å². The van der Waals surface area contributed by atoms with E-state index in [4.69, 9.17) is 10.5 Å². The molecular weight excluding hydrogens is 333 g/mol. The van der Waals surface area contributed by atoms with Crippen molar-refractivity contribution in [2.75, 3.05) is 32.8 Å². The van der Waals surface area contributed by atoms with Gasteiger partial charge in [-0.1, -0.05) is 6.92 Å². The molecule has 2 rings (SSSR count). The summed E-state index contributed by atoms with van der Waals surface area (Å²) in [5.41, 5.74) is 5.94. The molecule has 23 heavy (non-hydrogen) atoms. The summed E-state index contributed by atoms with van der Waals surface area (Å²) in [4.78, 5) is 2.29. The summed E-state index contributed by atoms with van der Waals surface area (Å²) in [5, 5.41) is 0. The van der Waals surface area contributed by atoms with E-state index < -0.39 is 6.36 Å². The number of ether oxygens (including phenoxy) is 2. The molecule has 1 aliphatic rings. The quantitative estimate of drug-likeness (QED) is 0.853. The topological polar surface area (TPSA) is 47.7 Å². The van der Waals surface area contributed by atoms with Crippen LogP contribution in [0.3, 0.4) is 0 Å². The van der Waals surface area contributed by atoms with Gasteiger partial charge >= 0.3 is 6.36 Å². The molecule has 132 valence electrons. The van der Waals surface area contributed by atoms with Gasteiger partial charge < -0.3 is 15.2 Å². The van der Waals surface area contributed by atoms with Crippen LogP contribution in [0.2, 0.25) is 0 Å². The number of halogens is 4. The molecule has 1 aromatic carbocycles. The molecule has 0 radical (unpaired) electrons. The highest BCUT2D eigenvalue weighted by Crippen LogP contribution is 2.28. The third kappa shape index (κ3) is 6.45. The lowest BCUT2D eigenvalue weighted by Crippen LogP contribution is -2.33. The second-order valence-corrected chi connectivity index (χ2v) is 5.91. The molecule has 1 fully saturated rings. The van der Waals surface area contributed by atoms with Gasteiger partial charge in [0.05, 0.1) is 0 Å². The Balaban J connectivity index is 0.00000264. The number of hydrogen-bond donors (Lipinski definition) is 1. The molecule has 0 amide bonds. The van der Waals surface area contributed by atoms with E-state index in [1.807, 2.05) is 0 Å². The van der Waals surface area contributed by atoms with Crippen molar-refractivity contribution < 1.29 is 22.6 Å². The lowest BCUT2D eigenvalue weighted by Gasteiger charge is -2.22. The van der Waals surface area contributed by atoms with Crippen LogP contribution >= 0.6 is 12.4 Å². The van der Waals surface area contributed by atoms with Crippen molar-refractivity contribution in [3.8, 4) is 11.5 Å². The molecule has 1 aromatic rings. The van der Waals surface area contributed by atoms with Crippen molar-refractivity contribution >= 4 is 12.4 Å². The van der Waals surface area contributed by atoms with Crippen LogP contribution in [-0.2, 0) is 0 Å². The van der Waals surface area contributed by atoms with Crippen LogP contribution in [0.4, 0.5) is 13.2 Å². The summed E-state index contributed by atoms with van der Waals surface area (Å²) < 4.78 is 45.5. The molecule has 4 nitrogen and oxygen atoms in total. The fourth-order valence-electron chi connectivity index (χ4n) is 2.51. The Hall–Kier alpha value is -1.18. The first-order valence-corrected chi connectivity index (χ1v) is 7.21. The number of hydrogen-bond acceptors (Lipinski definition) is 4. The predicted molar refractivity (Wildman–Crippen MR) is 84.1 cm³/mol. The summed E-state index contributed by atoms with van der Waals surface area (Å²) in [6.07, 6.45) is -3.60. The third-order valence-corrected chi connectivity index (χ3v) is 3.86. The molecule has 1 saturated heterocycles. The highest BCUT2D eigenvalue weighted by atomic mass is 35.5. The summed E-state index contributed by atoms with van der Waals surface area (Å²) in [5.74, 6) is 0.272. The van der Waals surface area contributed by atoms with E-state index >= 15 is 0 Å². The average Bonchev–Trinajstić information content (AvgIpc) is 2.82. The van der Waals surface area contributed by atoms with E-state index in [9.17, 15) is 13.2 Å². The highest BCUT2D eigenvalue weighted by Gasteiger charge is 2.32. The molecule has 1 heterocycles. The van der Waals surface area contributed by atoms with Gasteiger partial charge in [0.2, 0.25) is 0 Å². The standard InChI is InChI=1S/C15H21F3N2O2.ClH/c1-14(10-19)6-7-20(11-14)8-9-21-12-2-4-13(5-3-12)22-15(16,17)18;/h2-5H,6-11,19H2,1H3;1H. The number of rotatable bonds is 6. The minimum absolute atomic E-state index is 0. The first kappa shape index (κ1) is 19.9. The molecule has 1 atom stereocenters. The second-order valence-electron chi connectivity index (χ2n) is 5.91. The van der Waals surface area contributed by atoms with Crippen molar-refractivity contribution in [1.82, 2.24) is 4.90 Å². The molecule has 0 aliphatic carbocycles. The maximum absolute atomic E-state index is 12.0. The molecule has 1 unspecified atom stereocenters. The molecule has 2 N–H and O–H groups in total. The smallest absolute Gasteiger partial charge is 0.492 e. The average molecular weight is 355 g/mol. The third-order valence-electron chi connectivity index (χ3n) is 3.86. The fourth-order valence-corrected chi connectivity index (χ4v) is 2.51. The molecule has 0 spiro atoms. The predicted octanol–water partition coefficient (Wildman–Crippen LogP) is 3.06. The normalized spacial score (nSPS) is 21.8. The summed E-state index contributed by atoms with van der Waals surface area (Å²) in [7, 11) is 0. The van der Waals surface area contributed by atoms with Gasteiger partial charge in [0.1, 0.15) is 18.1 Å². The Morgan fingerprint density at radius 1 is 1.22 bits per heavy atom. The maximum atomic E-state index is 12.0. The van der Waals surface area contributed by atoms with Crippen molar-refractivity contribution in [2.24, 2.45) is 11.1 Å². The van der Waals surface area contributed by atoms with Gasteiger partial charge in [-0.2, -0.15) is 0 Å². The van der Waals surface area contributed by atoms with Gasteiger partial charge in [-0.3, -0.25) is 4.90 Å². The maximum Gasteiger partial charge on any atom is 0.573 e. The Morgan fingerprint density at radius 3 is 2.35 bits per heavy atom. The van der Waals surface area contributed by atoms with Gasteiger partial charge in [0.25, 0.3) is 0 Å². The Labute approximate surface area is 140 Å². The minimum Gasteiger partial charge on any atom is -0.492 e. The summed E-state index contributed by atoms with van der Waals surface area (Å²) >= 11 is 0. The SMILES string of the molecule is CC1(CN)CCN(CCOc2ccc(OC(F)(F)F)cc2)C1.Cl. The fraction of sp³-hybridized carbons (Fsp3) is 0.600. The van der Waals surface area contributed by atoms with E-state index in [1.165, 1.54) is 24.3 Å². The largest absolute Gasteiger partial charge is 0.573 e. The van der Waals surface area contributed by atoms with E-state index in [-0.39, 0.29) is 23.6 Å². The van der Waals surface area contributed by atoms with Crippen LogP contribution in [0.1, 0.15) is 13.3 Å². The Kier molecular flexibility index (Phi) is 6.98. The van der Waals surface area contributed by atoms with Crippen LogP contribution in [-0.4, -0.2) is 44.0 Å². The number of nitrogens with zero attached hydrogens (tertiary/aromatic N) is 1. The Bertz CT molecular complexity index is 485. The number of nitrogens with two attached hydrogens (primary N) is 1. The van der Waals surface area contributed by atoms with Crippen LogP contribution in [0.15, 0.2) is 24.3 Å². The van der Waals surface area contributed by atoms with E-state index in [1.54, 1.807) is 0 Å². The zero-order chi connectivity index (χ0) is 16.2. The van der Waals surface area contributed by atoms with E-state index in [0.29, 0.717) is 18.9 Å². The zero-order valence-corrected chi connectivity index (χ0v) is 13.8.